The number of nitrogens with zero attached hydrogens (tertiary/aromatic N) is 4. The van der Waals surface area contributed by atoms with E-state index in [9.17, 15) is 4.79 Å². The van der Waals surface area contributed by atoms with Crippen LogP contribution in [0.25, 0.3) is 11.2 Å². The van der Waals surface area contributed by atoms with Crippen molar-refractivity contribution >= 4 is 17.1 Å². The van der Waals surface area contributed by atoms with E-state index >= 15 is 0 Å². The van der Waals surface area contributed by atoms with Gasteiger partial charge in [-0.15, -0.1) is 0 Å². The molecule has 24 heavy (non-hydrogen) atoms. The number of nitrogens with one attached hydrogen (secondary N) is 1. The maximum atomic E-state index is 12.1. The first-order valence-electron chi connectivity index (χ1n) is 7.81. The third-order valence-corrected chi connectivity index (χ3v) is 3.81. The molecule has 2 heterocycles. The largest absolute Gasteiger partial charge is 0.352 e. The number of rotatable bonds is 5. The standard InChI is InChI=1S/C18H17N5O/c1-2-23-16(22-15-4-3-10-20-17(15)23)9-11-21-18(24)14-7-5-13(12-19)6-8-14/h3-8,10H,2,9,11H2,1H3,(H,21,24). The second kappa shape index (κ2) is 6.92. The molecule has 6 heteroatoms. The highest BCUT2D eigenvalue weighted by Gasteiger charge is 2.11. The average Bonchev–Trinajstić information content (AvgIpc) is 2.99. The molecule has 3 aromatic rings. The van der Waals surface area contributed by atoms with Crippen molar-refractivity contribution in [2.24, 2.45) is 0 Å². The summed E-state index contributed by atoms with van der Waals surface area (Å²) in [6.07, 6.45) is 2.39. The fraction of sp³-hybridized carbons (Fsp3) is 0.222. The summed E-state index contributed by atoms with van der Waals surface area (Å²) in [5.41, 5.74) is 2.82. The predicted molar refractivity (Wildman–Crippen MR) is 90.4 cm³/mol. The molecule has 1 amide bonds. The zero-order chi connectivity index (χ0) is 16.9. The highest BCUT2D eigenvalue weighted by molar-refractivity contribution is 5.94. The van der Waals surface area contributed by atoms with Gasteiger partial charge in [-0.3, -0.25) is 4.79 Å². The third kappa shape index (κ3) is 3.10. The van der Waals surface area contributed by atoms with Gasteiger partial charge in [0.2, 0.25) is 0 Å². The molecule has 0 aliphatic carbocycles. The number of aromatic nitrogens is 3. The topological polar surface area (TPSA) is 83.6 Å². The molecule has 1 N–H and O–H groups in total. The molecule has 0 bridgehead atoms. The molecule has 0 atom stereocenters. The number of fused-ring (bicyclic) bond motifs is 1. The minimum Gasteiger partial charge on any atom is -0.352 e. The number of hydrogen-bond donors (Lipinski definition) is 1. The number of aryl methyl sites for hydroxylation is 1. The van der Waals surface area contributed by atoms with Crippen LogP contribution in [-0.2, 0) is 13.0 Å². The first-order valence-corrected chi connectivity index (χ1v) is 7.81. The average molecular weight is 319 g/mol. The molecular weight excluding hydrogens is 302 g/mol. The van der Waals surface area contributed by atoms with Crippen LogP contribution in [0.4, 0.5) is 0 Å². The van der Waals surface area contributed by atoms with E-state index in [4.69, 9.17) is 5.26 Å². The lowest BCUT2D eigenvalue weighted by Crippen LogP contribution is -2.26. The maximum absolute atomic E-state index is 12.1. The Morgan fingerprint density at radius 1 is 1.29 bits per heavy atom. The Kier molecular flexibility index (Phi) is 4.52. The number of benzene rings is 1. The molecular formula is C18H17N5O. The number of pyridine rings is 1. The normalized spacial score (nSPS) is 10.5. The predicted octanol–water partition coefficient (Wildman–Crippen LogP) is 2.30. The van der Waals surface area contributed by atoms with E-state index in [1.807, 2.05) is 18.2 Å². The first kappa shape index (κ1) is 15.7. The van der Waals surface area contributed by atoms with Crippen LogP contribution >= 0.6 is 0 Å². The number of imidazole rings is 1. The van der Waals surface area contributed by atoms with Gasteiger partial charge in [0.25, 0.3) is 5.91 Å². The molecule has 0 aliphatic rings. The van der Waals surface area contributed by atoms with Gasteiger partial charge in [-0.2, -0.15) is 5.26 Å². The van der Waals surface area contributed by atoms with E-state index in [1.165, 1.54) is 0 Å². The number of hydrogen-bond acceptors (Lipinski definition) is 4. The van der Waals surface area contributed by atoms with Crippen molar-refractivity contribution < 1.29 is 4.79 Å². The van der Waals surface area contributed by atoms with Gasteiger partial charge in [0.05, 0.1) is 11.6 Å². The molecule has 0 aliphatic heterocycles. The van der Waals surface area contributed by atoms with Crippen LogP contribution < -0.4 is 5.32 Å². The monoisotopic (exact) mass is 319 g/mol. The summed E-state index contributed by atoms with van der Waals surface area (Å²) in [6, 6.07) is 12.4. The summed E-state index contributed by atoms with van der Waals surface area (Å²) in [7, 11) is 0. The van der Waals surface area contributed by atoms with E-state index in [2.05, 4.69) is 26.8 Å². The number of nitriles is 1. The molecule has 6 nitrogen and oxygen atoms in total. The second-order valence-corrected chi connectivity index (χ2v) is 5.31. The number of amides is 1. The smallest absolute Gasteiger partial charge is 0.251 e. The summed E-state index contributed by atoms with van der Waals surface area (Å²) in [5.74, 6) is 0.753. The molecule has 0 saturated heterocycles. The van der Waals surface area contributed by atoms with Crippen molar-refractivity contribution in [1.82, 2.24) is 19.9 Å². The Morgan fingerprint density at radius 2 is 2.08 bits per heavy atom. The quantitative estimate of drug-likeness (QED) is 0.782. The molecule has 2 aromatic heterocycles. The zero-order valence-corrected chi connectivity index (χ0v) is 13.4. The van der Waals surface area contributed by atoms with Crippen molar-refractivity contribution in [3.05, 3.63) is 59.5 Å². The van der Waals surface area contributed by atoms with Gasteiger partial charge in [0.1, 0.15) is 11.3 Å². The van der Waals surface area contributed by atoms with Gasteiger partial charge in [0, 0.05) is 31.3 Å². The van der Waals surface area contributed by atoms with E-state index in [0.717, 1.165) is 23.5 Å². The van der Waals surface area contributed by atoms with Crippen molar-refractivity contribution in [1.29, 1.82) is 5.26 Å². The third-order valence-electron chi connectivity index (χ3n) is 3.81. The van der Waals surface area contributed by atoms with Gasteiger partial charge in [-0.1, -0.05) is 0 Å². The van der Waals surface area contributed by atoms with Gasteiger partial charge >= 0.3 is 0 Å². The molecule has 0 spiro atoms. The van der Waals surface area contributed by atoms with Crippen molar-refractivity contribution in [3.8, 4) is 6.07 Å². The van der Waals surface area contributed by atoms with Gasteiger partial charge in [0.15, 0.2) is 5.65 Å². The summed E-state index contributed by atoms with van der Waals surface area (Å²) < 4.78 is 2.06. The lowest BCUT2D eigenvalue weighted by atomic mass is 10.1. The molecule has 0 radical (unpaired) electrons. The minimum atomic E-state index is -0.156. The molecule has 0 unspecified atom stereocenters. The second-order valence-electron chi connectivity index (χ2n) is 5.31. The van der Waals surface area contributed by atoms with E-state index < -0.39 is 0 Å². The summed E-state index contributed by atoms with van der Waals surface area (Å²) in [4.78, 5) is 21.1. The Bertz CT molecular complexity index is 905. The molecule has 120 valence electrons. The van der Waals surface area contributed by atoms with E-state index in [0.29, 0.717) is 24.1 Å². The Hall–Kier alpha value is -3.20. The summed E-state index contributed by atoms with van der Waals surface area (Å²) >= 11 is 0. The zero-order valence-electron chi connectivity index (χ0n) is 13.4. The lowest BCUT2D eigenvalue weighted by molar-refractivity contribution is 0.0954. The van der Waals surface area contributed by atoms with Crippen LogP contribution in [0.2, 0.25) is 0 Å². The molecule has 1 aromatic carbocycles. The Balaban J connectivity index is 1.65. The summed E-state index contributed by atoms with van der Waals surface area (Å²) in [6.45, 7) is 3.32. The van der Waals surface area contributed by atoms with Gasteiger partial charge in [-0.25, -0.2) is 9.97 Å². The van der Waals surface area contributed by atoms with E-state index in [-0.39, 0.29) is 5.91 Å². The SMILES string of the molecule is CCn1c(CCNC(=O)c2ccc(C#N)cc2)nc2cccnc21. The van der Waals surface area contributed by atoms with Crippen molar-refractivity contribution in [2.45, 2.75) is 19.9 Å². The van der Waals surface area contributed by atoms with Crippen LogP contribution in [0.3, 0.4) is 0 Å². The van der Waals surface area contributed by atoms with Crippen LogP contribution in [0.15, 0.2) is 42.6 Å². The Morgan fingerprint density at radius 3 is 2.79 bits per heavy atom. The summed E-state index contributed by atoms with van der Waals surface area (Å²) in [5, 5.41) is 11.7. The van der Waals surface area contributed by atoms with Crippen LogP contribution in [0, 0.1) is 11.3 Å². The minimum absolute atomic E-state index is 0.156. The van der Waals surface area contributed by atoms with Gasteiger partial charge in [-0.05, 0) is 43.3 Å². The van der Waals surface area contributed by atoms with Crippen LogP contribution in [0.1, 0.15) is 28.7 Å². The van der Waals surface area contributed by atoms with Gasteiger partial charge < -0.3 is 9.88 Å². The Labute approximate surface area is 139 Å². The number of carbonyl (C=O) groups is 1. The van der Waals surface area contributed by atoms with Crippen molar-refractivity contribution in [2.75, 3.05) is 6.54 Å². The van der Waals surface area contributed by atoms with Crippen molar-refractivity contribution in [3.63, 3.8) is 0 Å². The number of carbonyl (C=O) groups excluding carboxylic acids is 1. The van der Waals surface area contributed by atoms with E-state index in [1.54, 1.807) is 30.5 Å². The fourth-order valence-corrected chi connectivity index (χ4v) is 2.61. The first-order chi connectivity index (χ1) is 11.7. The lowest BCUT2D eigenvalue weighted by Gasteiger charge is -2.07. The highest BCUT2D eigenvalue weighted by atomic mass is 16.1. The molecule has 0 fully saturated rings. The molecule has 3 rings (SSSR count). The van der Waals surface area contributed by atoms with Crippen LogP contribution in [-0.4, -0.2) is 27.0 Å². The molecule has 0 saturated carbocycles. The maximum Gasteiger partial charge on any atom is 0.251 e. The van der Waals surface area contributed by atoms with Crippen LogP contribution in [0.5, 0.6) is 0 Å². The fourth-order valence-electron chi connectivity index (χ4n) is 2.61. The highest BCUT2D eigenvalue weighted by Crippen LogP contribution is 2.13.